The first-order chi connectivity index (χ1) is 7.11. The molecule has 1 heterocycles. The van der Waals surface area contributed by atoms with E-state index in [1.807, 2.05) is 0 Å². The third-order valence-electron chi connectivity index (χ3n) is 1.82. The maximum absolute atomic E-state index is 5.83. The molecule has 4 nitrogen and oxygen atoms in total. The molecule has 0 aliphatic carbocycles. The zero-order valence-electron chi connectivity index (χ0n) is 8.80. The van der Waals surface area contributed by atoms with E-state index in [0.29, 0.717) is 5.15 Å². The van der Waals surface area contributed by atoms with E-state index in [1.165, 1.54) is 6.33 Å². The number of rotatable bonds is 5. The molecule has 1 rings (SSSR count). The molecule has 1 aromatic rings. The van der Waals surface area contributed by atoms with Crippen molar-refractivity contribution in [3.05, 3.63) is 16.0 Å². The molecule has 1 aromatic heterocycles. The second-order valence-corrected chi connectivity index (χ2v) is 4.56. The van der Waals surface area contributed by atoms with Crippen molar-refractivity contribution in [1.29, 1.82) is 0 Å². The Morgan fingerprint density at radius 1 is 1.47 bits per heavy atom. The summed E-state index contributed by atoms with van der Waals surface area (Å²) in [7, 11) is 4.11. The number of anilines is 1. The molecule has 0 fully saturated rings. The fourth-order valence-corrected chi connectivity index (χ4v) is 1.55. The van der Waals surface area contributed by atoms with Crippen molar-refractivity contribution in [1.82, 2.24) is 14.9 Å². The van der Waals surface area contributed by atoms with E-state index in [0.717, 1.165) is 29.8 Å². The van der Waals surface area contributed by atoms with E-state index in [1.54, 1.807) is 0 Å². The van der Waals surface area contributed by atoms with Crippen LogP contribution >= 0.6 is 27.5 Å². The number of hydrogen-bond acceptors (Lipinski definition) is 4. The average Bonchev–Trinajstić information content (AvgIpc) is 2.18. The Morgan fingerprint density at radius 3 is 2.87 bits per heavy atom. The van der Waals surface area contributed by atoms with E-state index in [2.05, 4.69) is 50.2 Å². The quantitative estimate of drug-likeness (QED) is 0.668. The normalized spacial score (nSPS) is 10.7. The van der Waals surface area contributed by atoms with E-state index < -0.39 is 0 Å². The summed E-state index contributed by atoms with van der Waals surface area (Å²) in [6.45, 7) is 1.91. The molecular formula is C9H14BrClN4. The Balaban J connectivity index is 2.41. The van der Waals surface area contributed by atoms with Gasteiger partial charge < -0.3 is 10.2 Å². The molecule has 0 saturated carbocycles. The predicted octanol–water partition coefficient (Wildman–Crippen LogP) is 2.26. The van der Waals surface area contributed by atoms with Gasteiger partial charge in [0.2, 0.25) is 0 Å². The summed E-state index contributed by atoms with van der Waals surface area (Å²) in [5.41, 5.74) is 0. The summed E-state index contributed by atoms with van der Waals surface area (Å²) >= 11 is 9.16. The molecular weight excluding hydrogens is 279 g/mol. The van der Waals surface area contributed by atoms with E-state index in [4.69, 9.17) is 11.6 Å². The highest BCUT2D eigenvalue weighted by molar-refractivity contribution is 9.10. The van der Waals surface area contributed by atoms with Crippen LogP contribution in [0, 0.1) is 0 Å². The molecule has 0 aliphatic rings. The second kappa shape index (κ2) is 6.25. The Bertz CT molecular complexity index is 319. The van der Waals surface area contributed by atoms with Crippen molar-refractivity contribution in [2.24, 2.45) is 0 Å². The average molecular weight is 294 g/mol. The lowest BCUT2D eigenvalue weighted by Crippen LogP contribution is -2.16. The summed E-state index contributed by atoms with van der Waals surface area (Å²) in [4.78, 5) is 10.1. The third-order valence-corrected chi connectivity index (χ3v) is 3.09. The minimum atomic E-state index is 0.431. The van der Waals surface area contributed by atoms with Crippen molar-refractivity contribution in [2.45, 2.75) is 6.42 Å². The molecule has 15 heavy (non-hydrogen) atoms. The van der Waals surface area contributed by atoms with Gasteiger partial charge in [-0.1, -0.05) is 11.6 Å². The third kappa shape index (κ3) is 4.32. The van der Waals surface area contributed by atoms with Gasteiger partial charge in [-0.05, 0) is 43.0 Å². The number of aromatic nitrogens is 2. The van der Waals surface area contributed by atoms with Gasteiger partial charge in [-0.2, -0.15) is 0 Å². The monoisotopic (exact) mass is 292 g/mol. The zero-order valence-corrected chi connectivity index (χ0v) is 11.1. The highest BCUT2D eigenvalue weighted by atomic mass is 79.9. The molecule has 84 valence electrons. The Morgan fingerprint density at radius 2 is 2.20 bits per heavy atom. The van der Waals surface area contributed by atoms with Crippen LogP contribution in [0.25, 0.3) is 0 Å². The van der Waals surface area contributed by atoms with Gasteiger partial charge in [0, 0.05) is 6.54 Å². The summed E-state index contributed by atoms with van der Waals surface area (Å²) in [6.07, 6.45) is 2.50. The molecule has 0 spiro atoms. The molecule has 0 atom stereocenters. The van der Waals surface area contributed by atoms with Crippen LogP contribution in [-0.2, 0) is 0 Å². The first kappa shape index (κ1) is 12.7. The van der Waals surface area contributed by atoms with Gasteiger partial charge in [0.15, 0.2) is 0 Å². The Hall–Kier alpha value is -0.390. The molecule has 0 saturated heterocycles. The van der Waals surface area contributed by atoms with Gasteiger partial charge in [-0.15, -0.1) is 0 Å². The zero-order chi connectivity index (χ0) is 11.3. The van der Waals surface area contributed by atoms with Gasteiger partial charge in [0.25, 0.3) is 0 Å². The van der Waals surface area contributed by atoms with Gasteiger partial charge >= 0.3 is 0 Å². The maximum Gasteiger partial charge on any atom is 0.148 e. The lowest BCUT2D eigenvalue weighted by Gasteiger charge is -2.10. The smallest absolute Gasteiger partial charge is 0.148 e. The fraction of sp³-hybridized carbons (Fsp3) is 0.556. The van der Waals surface area contributed by atoms with Crippen molar-refractivity contribution in [2.75, 3.05) is 32.5 Å². The van der Waals surface area contributed by atoms with Gasteiger partial charge in [0.05, 0.1) is 4.47 Å². The van der Waals surface area contributed by atoms with Crippen molar-refractivity contribution in [3.8, 4) is 0 Å². The SMILES string of the molecule is CN(C)CCCNc1ncnc(Cl)c1Br. The second-order valence-electron chi connectivity index (χ2n) is 3.41. The fourth-order valence-electron chi connectivity index (χ4n) is 1.07. The number of halogens is 2. The maximum atomic E-state index is 5.83. The lowest BCUT2D eigenvalue weighted by atomic mass is 10.4. The van der Waals surface area contributed by atoms with Crippen molar-refractivity contribution in [3.63, 3.8) is 0 Å². The van der Waals surface area contributed by atoms with Crippen molar-refractivity contribution >= 4 is 33.3 Å². The van der Waals surface area contributed by atoms with Crippen LogP contribution in [0.15, 0.2) is 10.8 Å². The summed E-state index contributed by atoms with van der Waals surface area (Å²) < 4.78 is 0.719. The molecule has 0 amide bonds. The highest BCUT2D eigenvalue weighted by Crippen LogP contribution is 2.25. The predicted molar refractivity (Wildman–Crippen MR) is 66.4 cm³/mol. The van der Waals surface area contributed by atoms with Crippen molar-refractivity contribution < 1.29 is 0 Å². The summed E-state index contributed by atoms with van der Waals surface area (Å²) in [5.74, 6) is 0.744. The van der Waals surface area contributed by atoms with Crippen LogP contribution < -0.4 is 5.32 Å². The number of nitrogens with zero attached hydrogens (tertiary/aromatic N) is 3. The van der Waals surface area contributed by atoms with Crippen LogP contribution in [0.2, 0.25) is 5.15 Å². The largest absolute Gasteiger partial charge is 0.369 e. The molecule has 0 aliphatic heterocycles. The van der Waals surface area contributed by atoms with Gasteiger partial charge in [-0.3, -0.25) is 0 Å². The first-order valence-electron chi connectivity index (χ1n) is 4.66. The van der Waals surface area contributed by atoms with Crippen LogP contribution in [0.5, 0.6) is 0 Å². The van der Waals surface area contributed by atoms with Gasteiger partial charge in [0.1, 0.15) is 17.3 Å². The Labute approximate surface area is 103 Å². The lowest BCUT2D eigenvalue weighted by molar-refractivity contribution is 0.405. The molecule has 0 unspecified atom stereocenters. The van der Waals surface area contributed by atoms with E-state index in [9.17, 15) is 0 Å². The van der Waals surface area contributed by atoms with Crippen LogP contribution in [0.1, 0.15) is 6.42 Å². The van der Waals surface area contributed by atoms with Crippen LogP contribution in [-0.4, -0.2) is 42.1 Å². The van der Waals surface area contributed by atoms with Gasteiger partial charge in [-0.25, -0.2) is 9.97 Å². The molecule has 0 radical (unpaired) electrons. The molecule has 0 bridgehead atoms. The highest BCUT2D eigenvalue weighted by Gasteiger charge is 2.05. The standard InChI is InChI=1S/C9H14BrClN4/c1-15(2)5-3-4-12-9-7(10)8(11)13-6-14-9/h6H,3-5H2,1-2H3,(H,12,13,14). The Kier molecular flexibility index (Phi) is 5.28. The topological polar surface area (TPSA) is 41.0 Å². The van der Waals surface area contributed by atoms with E-state index >= 15 is 0 Å². The van der Waals surface area contributed by atoms with E-state index in [-0.39, 0.29) is 0 Å². The summed E-state index contributed by atoms with van der Waals surface area (Å²) in [6, 6.07) is 0. The molecule has 6 heteroatoms. The minimum Gasteiger partial charge on any atom is -0.369 e. The first-order valence-corrected chi connectivity index (χ1v) is 5.83. The summed E-state index contributed by atoms with van der Waals surface area (Å²) in [5, 5.41) is 3.63. The number of nitrogens with one attached hydrogen (secondary N) is 1. The van der Waals surface area contributed by atoms with Crippen LogP contribution in [0.4, 0.5) is 5.82 Å². The molecule has 0 aromatic carbocycles. The minimum absolute atomic E-state index is 0.431. The van der Waals surface area contributed by atoms with Crippen LogP contribution in [0.3, 0.4) is 0 Å². The molecule has 1 N–H and O–H groups in total. The number of hydrogen-bond donors (Lipinski definition) is 1.